The number of carboxylic acids is 1. The Kier molecular flexibility index (Phi) is 5.73. The van der Waals surface area contributed by atoms with E-state index in [1.54, 1.807) is 0 Å². The molecular formula is C21H26O4. The van der Waals surface area contributed by atoms with Crippen molar-refractivity contribution in [3.63, 3.8) is 0 Å². The van der Waals surface area contributed by atoms with Gasteiger partial charge in [-0.15, -0.1) is 0 Å². The average Bonchev–Trinajstić information content (AvgIpc) is 2.53. The SMILES string of the molecule is Cc1cc(C(CCCC(=O)O)c2cc(C)c(O)c(C)c2)cc(C)c1O. The lowest BCUT2D eigenvalue weighted by Crippen LogP contribution is -2.05. The Bertz CT molecular complexity index is 689. The molecular weight excluding hydrogens is 316 g/mol. The van der Waals surface area contributed by atoms with Crippen molar-refractivity contribution in [3.8, 4) is 11.5 Å². The quantitative estimate of drug-likeness (QED) is 0.710. The summed E-state index contributed by atoms with van der Waals surface area (Å²) in [7, 11) is 0. The molecule has 0 aliphatic rings. The van der Waals surface area contributed by atoms with E-state index < -0.39 is 5.97 Å². The minimum absolute atomic E-state index is 0.0235. The molecule has 0 heterocycles. The minimum atomic E-state index is -0.796. The number of aryl methyl sites for hydroxylation is 4. The molecule has 0 atom stereocenters. The summed E-state index contributed by atoms with van der Waals surface area (Å²) in [5, 5.41) is 29.0. The van der Waals surface area contributed by atoms with E-state index in [-0.39, 0.29) is 12.3 Å². The third-order valence-corrected chi connectivity index (χ3v) is 4.71. The molecule has 2 aromatic rings. The minimum Gasteiger partial charge on any atom is -0.507 e. The van der Waals surface area contributed by atoms with Gasteiger partial charge in [-0.2, -0.15) is 0 Å². The summed E-state index contributed by atoms with van der Waals surface area (Å²) in [6.07, 6.45) is 1.39. The highest BCUT2D eigenvalue weighted by molar-refractivity contribution is 5.66. The number of rotatable bonds is 6. The molecule has 0 spiro atoms. The number of carboxylic acid groups (broad SMARTS) is 1. The van der Waals surface area contributed by atoms with Gasteiger partial charge in [-0.25, -0.2) is 0 Å². The van der Waals surface area contributed by atoms with Crippen LogP contribution in [0.4, 0.5) is 0 Å². The molecule has 0 aliphatic heterocycles. The molecule has 4 heteroatoms. The van der Waals surface area contributed by atoms with E-state index in [0.717, 1.165) is 33.4 Å². The summed E-state index contributed by atoms with van der Waals surface area (Å²) < 4.78 is 0. The molecule has 0 saturated carbocycles. The number of phenols is 2. The third-order valence-electron chi connectivity index (χ3n) is 4.71. The lowest BCUT2D eigenvalue weighted by Gasteiger charge is -2.21. The van der Waals surface area contributed by atoms with Gasteiger partial charge in [-0.05, 0) is 73.9 Å². The monoisotopic (exact) mass is 342 g/mol. The topological polar surface area (TPSA) is 77.8 Å². The molecule has 0 bridgehead atoms. The molecule has 4 nitrogen and oxygen atoms in total. The molecule has 0 radical (unpaired) electrons. The van der Waals surface area contributed by atoms with Crippen LogP contribution >= 0.6 is 0 Å². The second-order valence-corrected chi connectivity index (χ2v) is 6.85. The summed E-state index contributed by atoms with van der Waals surface area (Å²) in [5.41, 5.74) is 5.36. The van der Waals surface area contributed by atoms with E-state index >= 15 is 0 Å². The van der Waals surface area contributed by atoms with E-state index in [9.17, 15) is 15.0 Å². The third kappa shape index (κ3) is 4.32. The lowest BCUT2D eigenvalue weighted by molar-refractivity contribution is -0.137. The first-order valence-electron chi connectivity index (χ1n) is 8.52. The van der Waals surface area contributed by atoms with Crippen molar-refractivity contribution in [1.29, 1.82) is 0 Å². The Balaban J connectivity index is 2.48. The number of benzene rings is 2. The molecule has 0 saturated heterocycles. The zero-order chi connectivity index (χ0) is 18.7. The summed E-state index contributed by atoms with van der Waals surface area (Å²) in [4.78, 5) is 10.9. The highest BCUT2D eigenvalue weighted by Gasteiger charge is 2.19. The fraction of sp³-hybridized carbons (Fsp3) is 0.381. The van der Waals surface area contributed by atoms with Crippen LogP contribution in [0.2, 0.25) is 0 Å². The maximum atomic E-state index is 10.9. The van der Waals surface area contributed by atoms with Gasteiger partial charge >= 0.3 is 5.97 Å². The summed E-state index contributed by atoms with van der Waals surface area (Å²) >= 11 is 0. The lowest BCUT2D eigenvalue weighted by atomic mass is 9.84. The molecule has 0 fully saturated rings. The second kappa shape index (κ2) is 7.60. The number of aliphatic carboxylic acids is 1. The van der Waals surface area contributed by atoms with Crippen molar-refractivity contribution in [1.82, 2.24) is 0 Å². The van der Waals surface area contributed by atoms with Crippen LogP contribution in [0.15, 0.2) is 24.3 Å². The van der Waals surface area contributed by atoms with Gasteiger partial charge in [-0.3, -0.25) is 4.79 Å². The summed E-state index contributed by atoms with van der Waals surface area (Å²) in [6.45, 7) is 7.47. The molecule has 0 aromatic heterocycles. The van der Waals surface area contributed by atoms with Gasteiger partial charge < -0.3 is 15.3 Å². The van der Waals surface area contributed by atoms with Crippen molar-refractivity contribution >= 4 is 5.97 Å². The first-order valence-corrected chi connectivity index (χ1v) is 8.52. The smallest absolute Gasteiger partial charge is 0.303 e. The molecule has 25 heavy (non-hydrogen) atoms. The van der Waals surface area contributed by atoms with Crippen LogP contribution in [0.5, 0.6) is 11.5 Å². The Morgan fingerprint density at radius 1 is 0.840 bits per heavy atom. The Morgan fingerprint density at radius 2 is 1.20 bits per heavy atom. The summed E-state index contributed by atoms with van der Waals surface area (Å²) in [5.74, 6) is -0.178. The molecule has 0 aliphatic carbocycles. The molecule has 2 aromatic carbocycles. The Hall–Kier alpha value is -2.49. The van der Waals surface area contributed by atoms with Crippen molar-refractivity contribution in [2.75, 3.05) is 0 Å². The van der Waals surface area contributed by atoms with Gasteiger partial charge in [0.2, 0.25) is 0 Å². The fourth-order valence-corrected chi connectivity index (χ4v) is 3.36. The van der Waals surface area contributed by atoms with Gasteiger partial charge in [0.1, 0.15) is 11.5 Å². The van der Waals surface area contributed by atoms with Gasteiger partial charge in [0.25, 0.3) is 0 Å². The van der Waals surface area contributed by atoms with Crippen LogP contribution in [0.1, 0.15) is 58.6 Å². The maximum absolute atomic E-state index is 10.9. The number of phenolic OH excluding ortho intramolecular Hbond substituents is 2. The Morgan fingerprint density at radius 3 is 1.52 bits per heavy atom. The zero-order valence-corrected chi connectivity index (χ0v) is 15.3. The van der Waals surface area contributed by atoms with Gasteiger partial charge in [0.05, 0.1) is 0 Å². The van der Waals surface area contributed by atoms with Crippen LogP contribution in [-0.4, -0.2) is 21.3 Å². The highest BCUT2D eigenvalue weighted by atomic mass is 16.4. The number of aromatic hydroxyl groups is 2. The number of hydrogen-bond acceptors (Lipinski definition) is 3. The Labute approximate surface area is 148 Å². The predicted octanol–water partition coefficient (Wildman–Crippen LogP) is 4.72. The van der Waals surface area contributed by atoms with E-state index in [2.05, 4.69) is 0 Å². The largest absolute Gasteiger partial charge is 0.507 e. The standard InChI is InChI=1S/C21H26O4/c1-12-8-16(9-13(2)20(12)24)18(6-5-7-19(22)23)17-10-14(3)21(25)15(4)11-17/h8-11,18,24-25H,5-7H2,1-4H3,(H,22,23). The first-order chi connectivity index (χ1) is 11.7. The zero-order valence-electron chi connectivity index (χ0n) is 15.3. The highest BCUT2D eigenvalue weighted by Crippen LogP contribution is 2.36. The van der Waals surface area contributed by atoms with Crippen LogP contribution in [0.25, 0.3) is 0 Å². The van der Waals surface area contributed by atoms with Gasteiger partial charge in [-0.1, -0.05) is 24.3 Å². The first kappa shape index (κ1) is 18.8. The fourth-order valence-electron chi connectivity index (χ4n) is 3.36. The second-order valence-electron chi connectivity index (χ2n) is 6.85. The van der Waals surface area contributed by atoms with Crippen LogP contribution in [-0.2, 0) is 4.79 Å². The summed E-state index contributed by atoms with van der Waals surface area (Å²) in [6, 6.07) is 7.85. The van der Waals surface area contributed by atoms with Crippen molar-refractivity contribution in [2.24, 2.45) is 0 Å². The number of hydrogen-bond donors (Lipinski definition) is 3. The molecule has 0 unspecified atom stereocenters. The van der Waals surface area contributed by atoms with Gasteiger partial charge in [0.15, 0.2) is 0 Å². The molecule has 0 amide bonds. The van der Waals surface area contributed by atoms with E-state index in [1.165, 1.54) is 0 Å². The van der Waals surface area contributed by atoms with E-state index in [0.29, 0.717) is 24.3 Å². The predicted molar refractivity (Wildman–Crippen MR) is 98.5 cm³/mol. The van der Waals surface area contributed by atoms with Crippen LogP contribution in [0.3, 0.4) is 0 Å². The normalized spacial score (nSPS) is 11.1. The van der Waals surface area contributed by atoms with E-state index in [4.69, 9.17) is 5.11 Å². The maximum Gasteiger partial charge on any atom is 0.303 e. The number of carbonyl (C=O) groups is 1. The van der Waals surface area contributed by atoms with Gasteiger partial charge in [0, 0.05) is 12.3 Å². The van der Waals surface area contributed by atoms with Crippen LogP contribution in [0, 0.1) is 27.7 Å². The average molecular weight is 342 g/mol. The van der Waals surface area contributed by atoms with Crippen molar-refractivity contribution in [2.45, 2.75) is 52.9 Å². The van der Waals surface area contributed by atoms with E-state index in [1.807, 2.05) is 52.0 Å². The van der Waals surface area contributed by atoms with Crippen molar-refractivity contribution < 1.29 is 20.1 Å². The molecule has 2 rings (SSSR count). The molecule has 134 valence electrons. The van der Waals surface area contributed by atoms with Crippen LogP contribution < -0.4 is 0 Å². The van der Waals surface area contributed by atoms with Crippen molar-refractivity contribution in [3.05, 3.63) is 57.6 Å². The molecule has 3 N–H and O–H groups in total.